The maximum atomic E-state index is 5.99. The Hall–Kier alpha value is -2.50. The summed E-state index contributed by atoms with van der Waals surface area (Å²) in [6.07, 6.45) is 1.72. The highest BCUT2D eigenvalue weighted by molar-refractivity contribution is 6.30. The van der Waals surface area contributed by atoms with Crippen LogP contribution >= 0.6 is 11.6 Å². The number of aromatic nitrogens is 2. The topological polar surface area (TPSA) is 78.8 Å². The Bertz CT molecular complexity index is 751. The van der Waals surface area contributed by atoms with Crippen molar-refractivity contribution in [2.24, 2.45) is 5.73 Å². The van der Waals surface area contributed by atoms with Crippen molar-refractivity contribution in [3.05, 3.63) is 65.3 Å². The van der Waals surface area contributed by atoms with Crippen LogP contribution in [0.5, 0.6) is 0 Å². The zero-order valence-corrected chi connectivity index (χ0v) is 12.6. The lowest BCUT2D eigenvalue weighted by atomic mass is 10.2. The van der Waals surface area contributed by atoms with E-state index in [4.69, 9.17) is 17.3 Å². The minimum atomic E-state index is 0.534. The molecule has 1 heterocycles. The predicted octanol–water partition coefficient (Wildman–Crippen LogP) is 4.01. The molecule has 0 radical (unpaired) electrons. The molecule has 0 aliphatic rings. The van der Waals surface area contributed by atoms with Crippen molar-refractivity contribution in [2.75, 3.05) is 10.6 Å². The molecule has 0 bridgehead atoms. The second kappa shape index (κ2) is 6.51. The Kier molecular flexibility index (Phi) is 4.27. The highest BCUT2D eigenvalue weighted by atomic mass is 35.5. The third-order valence-corrected chi connectivity index (χ3v) is 3.44. The first-order valence-electron chi connectivity index (χ1n) is 6.86. The number of nitrogens with one attached hydrogen (secondary N) is 3. The molecule has 5 N–H and O–H groups in total. The Balaban J connectivity index is 1.76. The van der Waals surface area contributed by atoms with Crippen LogP contribution in [0.4, 0.5) is 22.9 Å². The van der Waals surface area contributed by atoms with E-state index in [-0.39, 0.29) is 0 Å². The number of nitrogens with two attached hydrogens (primary N) is 1. The van der Waals surface area contributed by atoms with Crippen LogP contribution in [0, 0.1) is 0 Å². The van der Waals surface area contributed by atoms with Crippen LogP contribution in [0.25, 0.3) is 0 Å². The van der Waals surface area contributed by atoms with Gasteiger partial charge in [0, 0.05) is 22.9 Å². The number of benzene rings is 2. The lowest BCUT2D eigenvalue weighted by Gasteiger charge is -2.09. The molecular weight excluding hydrogens is 298 g/mol. The third kappa shape index (κ3) is 3.39. The Morgan fingerprint density at radius 1 is 1.05 bits per heavy atom. The Morgan fingerprint density at radius 2 is 1.86 bits per heavy atom. The molecule has 6 heteroatoms. The summed E-state index contributed by atoms with van der Waals surface area (Å²) >= 11 is 5.99. The van der Waals surface area contributed by atoms with Gasteiger partial charge >= 0.3 is 0 Å². The normalized spacial score (nSPS) is 10.5. The van der Waals surface area contributed by atoms with Crippen molar-refractivity contribution in [3.63, 3.8) is 0 Å². The van der Waals surface area contributed by atoms with Crippen molar-refractivity contribution in [1.29, 1.82) is 0 Å². The zero-order valence-electron chi connectivity index (χ0n) is 11.8. The van der Waals surface area contributed by atoms with E-state index in [1.54, 1.807) is 6.20 Å². The summed E-state index contributed by atoms with van der Waals surface area (Å²) in [4.78, 5) is 0. The molecule has 0 saturated carbocycles. The van der Waals surface area contributed by atoms with Crippen molar-refractivity contribution in [3.8, 4) is 0 Å². The predicted molar refractivity (Wildman–Crippen MR) is 90.9 cm³/mol. The van der Waals surface area contributed by atoms with E-state index in [2.05, 4.69) is 20.8 Å². The van der Waals surface area contributed by atoms with Crippen LogP contribution in [0.2, 0.25) is 5.02 Å². The molecule has 22 heavy (non-hydrogen) atoms. The van der Waals surface area contributed by atoms with Gasteiger partial charge in [0.05, 0.1) is 6.20 Å². The van der Waals surface area contributed by atoms with Gasteiger partial charge in [-0.15, -0.1) is 0 Å². The van der Waals surface area contributed by atoms with Gasteiger partial charge in [0.15, 0.2) is 0 Å². The maximum Gasteiger partial charge on any atom is 0.150 e. The quantitative estimate of drug-likeness (QED) is 0.574. The summed E-state index contributed by atoms with van der Waals surface area (Å²) in [5.74, 6) is 0.778. The summed E-state index contributed by atoms with van der Waals surface area (Å²) < 4.78 is 0. The standard InChI is InChI=1S/C16H16ClN5/c17-12-2-1-3-14(8-12)20-15-10-19-22-16(15)21-13-6-4-11(9-18)5-7-13/h1-8,10,20H,9,18H2,(H2,19,21,22). The van der Waals surface area contributed by atoms with E-state index in [1.807, 2.05) is 48.5 Å². The van der Waals surface area contributed by atoms with Crippen LogP contribution < -0.4 is 16.4 Å². The number of nitrogens with zero attached hydrogens (tertiary/aromatic N) is 1. The molecule has 5 nitrogen and oxygen atoms in total. The van der Waals surface area contributed by atoms with E-state index >= 15 is 0 Å². The van der Waals surface area contributed by atoms with Crippen LogP contribution in [-0.2, 0) is 6.54 Å². The molecule has 1 aromatic heterocycles. The zero-order chi connectivity index (χ0) is 15.4. The van der Waals surface area contributed by atoms with Gasteiger partial charge in [0.2, 0.25) is 0 Å². The average Bonchev–Trinajstić information content (AvgIpc) is 2.95. The van der Waals surface area contributed by atoms with Crippen molar-refractivity contribution < 1.29 is 0 Å². The van der Waals surface area contributed by atoms with Gasteiger partial charge in [-0.1, -0.05) is 29.8 Å². The van der Waals surface area contributed by atoms with Crippen LogP contribution in [0.1, 0.15) is 5.56 Å². The van der Waals surface area contributed by atoms with Gasteiger partial charge in [-0.3, -0.25) is 5.10 Å². The minimum absolute atomic E-state index is 0.534. The number of hydrogen-bond donors (Lipinski definition) is 4. The fourth-order valence-corrected chi connectivity index (χ4v) is 2.26. The number of rotatable bonds is 5. The Morgan fingerprint density at radius 3 is 2.59 bits per heavy atom. The smallest absolute Gasteiger partial charge is 0.150 e. The molecule has 0 fully saturated rings. The molecule has 0 atom stereocenters. The average molecular weight is 314 g/mol. The molecule has 0 aliphatic heterocycles. The number of aromatic amines is 1. The second-order valence-corrected chi connectivity index (χ2v) is 5.26. The van der Waals surface area contributed by atoms with E-state index in [0.29, 0.717) is 11.6 Å². The summed E-state index contributed by atoms with van der Waals surface area (Å²) in [6.45, 7) is 0.534. The van der Waals surface area contributed by atoms with E-state index in [9.17, 15) is 0 Å². The highest BCUT2D eigenvalue weighted by Crippen LogP contribution is 2.27. The van der Waals surface area contributed by atoms with Gasteiger partial charge < -0.3 is 16.4 Å². The monoisotopic (exact) mass is 313 g/mol. The highest BCUT2D eigenvalue weighted by Gasteiger charge is 2.06. The molecule has 0 saturated heterocycles. The number of anilines is 4. The lowest BCUT2D eigenvalue weighted by Crippen LogP contribution is -1.98. The largest absolute Gasteiger partial charge is 0.351 e. The fourth-order valence-electron chi connectivity index (χ4n) is 2.07. The fraction of sp³-hybridized carbons (Fsp3) is 0.0625. The first-order valence-corrected chi connectivity index (χ1v) is 7.24. The van der Waals surface area contributed by atoms with Gasteiger partial charge in [0.25, 0.3) is 0 Å². The number of H-pyrrole nitrogens is 1. The van der Waals surface area contributed by atoms with Gasteiger partial charge in [-0.25, -0.2) is 0 Å². The molecule has 0 spiro atoms. The van der Waals surface area contributed by atoms with Crippen molar-refractivity contribution >= 4 is 34.5 Å². The van der Waals surface area contributed by atoms with Crippen molar-refractivity contribution in [1.82, 2.24) is 10.2 Å². The lowest BCUT2D eigenvalue weighted by molar-refractivity contribution is 1.07. The van der Waals surface area contributed by atoms with Crippen LogP contribution in [-0.4, -0.2) is 10.2 Å². The van der Waals surface area contributed by atoms with E-state index in [1.165, 1.54) is 0 Å². The minimum Gasteiger partial charge on any atom is -0.351 e. The van der Waals surface area contributed by atoms with Crippen LogP contribution in [0.15, 0.2) is 54.7 Å². The first kappa shape index (κ1) is 14.4. The summed E-state index contributed by atoms with van der Waals surface area (Å²) in [7, 11) is 0. The molecule has 0 amide bonds. The van der Waals surface area contributed by atoms with Gasteiger partial charge in [-0.2, -0.15) is 5.10 Å². The number of hydrogen-bond acceptors (Lipinski definition) is 4. The molecule has 0 aliphatic carbocycles. The molecule has 2 aromatic carbocycles. The Labute approximate surface area is 133 Å². The molecule has 3 aromatic rings. The second-order valence-electron chi connectivity index (χ2n) is 4.82. The first-order chi connectivity index (χ1) is 10.7. The van der Waals surface area contributed by atoms with Gasteiger partial charge in [-0.05, 0) is 35.9 Å². The third-order valence-electron chi connectivity index (χ3n) is 3.20. The molecule has 112 valence electrons. The van der Waals surface area contributed by atoms with Crippen LogP contribution in [0.3, 0.4) is 0 Å². The van der Waals surface area contributed by atoms with Gasteiger partial charge in [0.1, 0.15) is 11.5 Å². The van der Waals surface area contributed by atoms with Crippen molar-refractivity contribution in [2.45, 2.75) is 6.54 Å². The van der Waals surface area contributed by atoms with E-state index < -0.39 is 0 Å². The maximum absolute atomic E-state index is 5.99. The van der Waals surface area contributed by atoms with E-state index in [0.717, 1.165) is 28.4 Å². The summed E-state index contributed by atoms with van der Waals surface area (Å²) in [5, 5.41) is 14.2. The SMILES string of the molecule is NCc1ccc(Nc2[nH]ncc2Nc2cccc(Cl)c2)cc1. The summed E-state index contributed by atoms with van der Waals surface area (Å²) in [5.41, 5.74) is 9.38. The molecule has 0 unspecified atom stereocenters. The molecule has 3 rings (SSSR count). The summed E-state index contributed by atoms with van der Waals surface area (Å²) in [6, 6.07) is 15.5. The molecular formula is C16H16ClN5. The number of halogens is 1.